The van der Waals surface area contributed by atoms with Gasteiger partial charge in [-0.25, -0.2) is 0 Å². The highest BCUT2D eigenvalue weighted by atomic mass is 32.2. The van der Waals surface area contributed by atoms with E-state index in [-0.39, 0.29) is 4.90 Å². The topological polar surface area (TPSA) is 113 Å². The monoisotopic (exact) mass is 304 g/mol. The largest absolute Gasteiger partial charge is 0.387 e. The van der Waals surface area contributed by atoms with E-state index in [1.807, 2.05) is 6.92 Å². The van der Waals surface area contributed by atoms with Crippen molar-refractivity contribution in [2.24, 2.45) is 0 Å². The summed E-state index contributed by atoms with van der Waals surface area (Å²) in [5.74, 6) is 0. The van der Waals surface area contributed by atoms with Crippen LogP contribution in [0.25, 0.3) is 0 Å². The van der Waals surface area contributed by atoms with Crippen LogP contribution in [-0.2, 0) is 19.0 Å². The molecule has 0 amide bonds. The van der Waals surface area contributed by atoms with Crippen LogP contribution in [0.4, 0.5) is 0 Å². The summed E-state index contributed by atoms with van der Waals surface area (Å²) in [6, 6.07) is 6.07. The molecule has 0 aliphatic carbocycles. The van der Waals surface area contributed by atoms with Crippen LogP contribution in [0.3, 0.4) is 0 Å². The van der Waals surface area contributed by atoms with Crippen LogP contribution in [0.15, 0.2) is 29.2 Å². The normalized spacial score (nSPS) is 30.6. The second-order valence-corrected chi connectivity index (χ2v) is 6.21. The molecule has 0 saturated carbocycles. The van der Waals surface area contributed by atoms with Gasteiger partial charge in [0.05, 0.1) is 11.5 Å². The van der Waals surface area contributed by atoms with Gasteiger partial charge in [-0.05, 0) is 19.1 Å². The summed E-state index contributed by atoms with van der Waals surface area (Å²) in [4.78, 5) is -0.0170. The third-order valence-corrected chi connectivity index (χ3v) is 4.33. The number of rotatable bonds is 4. The molecule has 7 nitrogen and oxygen atoms in total. The average Bonchev–Trinajstić information content (AvgIpc) is 2.64. The number of hydrogen-bond acceptors (Lipinski definition) is 7. The fraction of sp³-hybridized carbons (Fsp3) is 0.500. The second-order valence-electron chi connectivity index (χ2n) is 4.60. The summed E-state index contributed by atoms with van der Waals surface area (Å²) >= 11 is 0. The van der Waals surface area contributed by atoms with Crippen LogP contribution in [0.1, 0.15) is 5.56 Å². The maximum atomic E-state index is 11.9. The predicted octanol–water partition coefficient (Wildman–Crippen LogP) is -0.861. The molecule has 20 heavy (non-hydrogen) atoms. The molecular weight excluding hydrogens is 288 g/mol. The molecule has 4 atom stereocenters. The van der Waals surface area contributed by atoms with Crippen LogP contribution >= 0.6 is 0 Å². The Morgan fingerprint density at radius 1 is 1.15 bits per heavy atom. The first-order chi connectivity index (χ1) is 9.31. The summed E-state index contributed by atoms with van der Waals surface area (Å²) in [6.07, 6.45) is -5.55. The van der Waals surface area contributed by atoms with E-state index >= 15 is 0 Å². The van der Waals surface area contributed by atoms with E-state index in [0.29, 0.717) is 0 Å². The fourth-order valence-electron chi connectivity index (χ4n) is 1.80. The Kier molecular flexibility index (Phi) is 4.43. The molecule has 0 spiro atoms. The molecular formula is C12H16O7S. The number of benzene rings is 1. The molecule has 1 aliphatic heterocycles. The van der Waals surface area contributed by atoms with E-state index in [0.717, 1.165) is 5.56 Å². The van der Waals surface area contributed by atoms with Crippen molar-refractivity contribution in [1.82, 2.24) is 0 Å². The maximum Gasteiger partial charge on any atom is 0.297 e. The molecule has 0 aromatic heterocycles. The minimum atomic E-state index is -3.98. The molecule has 112 valence electrons. The van der Waals surface area contributed by atoms with Crippen molar-refractivity contribution in [2.45, 2.75) is 36.4 Å². The van der Waals surface area contributed by atoms with Crippen LogP contribution in [-0.4, -0.2) is 54.9 Å². The van der Waals surface area contributed by atoms with E-state index in [1.165, 1.54) is 12.1 Å². The van der Waals surface area contributed by atoms with Gasteiger partial charge >= 0.3 is 0 Å². The highest BCUT2D eigenvalue weighted by Gasteiger charge is 2.42. The molecule has 0 bridgehead atoms. The zero-order valence-electron chi connectivity index (χ0n) is 10.7. The summed E-state index contributed by atoms with van der Waals surface area (Å²) in [5.41, 5.74) is 0.907. The first-order valence-corrected chi connectivity index (χ1v) is 7.38. The number of aliphatic hydroxyl groups excluding tert-OH is 3. The SMILES string of the molecule is Cc1ccc(S(=O)(=O)OC[C@H]2OC(O)[C@H](O)[C@H]2O)cc1. The lowest BCUT2D eigenvalue weighted by Crippen LogP contribution is -2.34. The van der Waals surface area contributed by atoms with Crippen LogP contribution in [0.2, 0.25) is 0 Å². The molecule has 0 radical (unpaired) electrons. The maximum absolute atomic E-state index is 11.9. The third kappa shape index (κ3) is 3.17. The van der Waals surface area contributed by atoms with E-state index < -0.39 is 41.3 Å². The summed E-state index contributed by atoms with van der Waals surface area (Å²) in [7, 11) is -3.98. The van der Waals surface area contributed by atoms with E-state index in [1.54, 1.807) is 12.1 Å². The lowest BCUT2D eigenvalue weighted by molar-refractivity contribution is -0.131. The molecule has 1 saturated heterocycles. The van der Waals surface area contributed by atoms with Crippen molar-refractivity contribution in [3.05, 3.63) is 29.8 Å². The molecule has 1 fully saturated rings. The number of aryl methyl sites for hydroxylation is 1. The van der Waals surface area contributed by atoms with Crippen molar-refractivity contribution in [3.63, 3.8) is 0 Å². The quantitative estimate of drug-likeness (QED) is 0.620. The first kappa shape index (κ1) is 15.4. The highest BCUT2D eigenvalue weighted by Crippen LogP contribution is 2.21. The first-order valence-electron chi connectivity index (χ1n) is 5.97. The summed E-state index contributed by atoms with van der Waals surface area (Å²) in [6.45, 7) is 1.33. The Balaban J connectivity index is 2.01. The lowest BCUT2D eigenvalue weighted by atomic mass is 10.1. The second kappa shape index (κ2) is 5.76. The summed E-state index contributed by atoms with van der Waals surface area (Å²) in [5, 5.41) is 28.0. The Morgan fingerprint density at radius 2 is 1.75 bits per heavy atom. The Hall–Kier alpha value is -1.03. The fourth-order valence-corrected chi connectivity index (χ4v) is 2.71. The van der Waals surface area contributed by atoms with Gasteiger partial charge in [0.2, 0.25) is 0 Å². The minimum absolute atomic E-state index is 0.0170. The molecule has 1 aromatic carbocycles. The summed E-state index contributed by atoms with van der Waals surface area (Å²) < 4.78 is 33.3. The number of aliphatic hydroxyl groups is 3. The van der Waals surface area contributed by atoms with E-state index in [2.05, 4.69) is 0 Å². The van der Waals surface area contributed by atoms with Crippen molar-refractivity contribution in [1.29, 1.82) is 0 Å². The molecule has 1 aliphatic rings. The van der Waals surface area contributed by atoms with Crippen LogP contribution in [0, 0.1) is 6.92 Å². The Labute approximate surface area is 116 Å². The van der Waals surface area contributed by atoms with Crippen molar-refractivity contribution < 1.29 is 32.7 Å². The Morgan fingerprint density at radius 3 is 2.25 bits per heavy atom. The Bertz CT molecular complexity index is 554. The zero-order valence-corrected chi connectivity index (χ0v) is 11.5. The zero-order chi connectivity index (χ0) is 14.9. The number of hydrogen-bond donors (Lipinski definition) is 3. The number of ether oxygens (including phenoxy) is 1. The van der Waals surface area contributed by atoms with Gasteiger partial charge in [0.25, 0.3) is 10.1 Å². The minimum Gasteiger partial charge on any atom is -0.387 e. The van der Waals surface area contributed by atoms with Gasteiger partial charge in [-0.3, -0.25) is 4.18 Å². The van der Waals surface area contributed by atoms with Gasteiger partial charge in [0, 0.05) is 0 Å². The van der Waals surface area contributed by atoms with Gasteiger partial charge in [-0.2, -0.15) is 8.42 Å². The molecule has 3 N–H and O–H groups in total. The smallest absolute Gasteiger partial charge is 0.297 e. The highest BCUT2D eigenvalue weighted by molar-refractivity contribution is 7.86. The lowest BCUT2D eigenvalue weighted by Gasteiger charge is -2.14. The van der Waals surface area contributed by atoms with Crippen molar-refractivity contribution >= 4 is 10.1 Å². The standard InChI is InChI=1S/C12H16O7S/c1-7-2-4-8(5-3-7)20(16,17)18-6-9-10(13)11(14)12(15)19-9/h2-5,9-15H,6H2,1H3/t9-,10+,11-,12?/m1/s1. The molecule has 1 unspecified atom stereocenters. The van der Waals surface area contributed by atoms with Gasteiger partial charge in [-0.15, -0.1) is 0 Å². The van der Waals surface area contributed by atoms with E-state index in [9.17, 15) is 23.7 Å². The molecule has 1 aromatic rings. The van der Waals surface area contributed by atoms with E-state index in [4.69, 9.17) is 8.92 Å². The molecule has 8 heteroatoms. The van der Waals surface area contributed by atoms with Crippen molar-refractivity contribution in [3.8, 4) is 0 Å². The average molecular weight is 304 g/mol. The van der Waals surface area contributed by atoms with Gasteiger partial charge in [-0.1, -0.05) is 17.7 Å². The van der Waals surface area contributed by atoms with Crippen LogP contribution < -0.4 is 0 Å². The predicted molar refractivity (Wildman–Crippen MR) is 67.2 cm³/mol. The van der Waals surface area contributed by atoms with Gasteiger partial charge < -0.3 is 20.1 Å². The van der Waals surface area contributed by atoms with Crippen molar-refractivity contribution in [2.75, 3.05) is 6.61 Å². The molecule has 1 heterocycles. The van der Waals surface area contributed by atoms with Gasteiger partial charge in [0.1, 0.15) is 18.3 Å². The van der Waals surface area contributed by atoms with Gasteiger partial charge in [0.15, 0.2) is 6.29 Å². The third-order valence-electron chi connectivity index (χ3n) is 3.03. The van der Waals surface area contributed by atoms with Crippen LogP contribution in [0.5, 0.6) is 0 Å². The molecule has 2 rings (SSSR count).